The molecule has 0 aliphatic heterocycles. The first kappa shape index (κ1) is 23.1. The molecular weight excluding hydrogens is 422 g/mol. The first-order chi connectivity index (χ1) is 16.7. The van der Waals surface area contributed by atoms with E-state index in [1.165, 1.54) is 5.56 Å². The lowest BCUT2D eigenvalue weighted by Gasteiger charge is -2.16. The molecule has 2 N–H and O–H groups in total. The molecule has 0 atom stereocenters. The minimum Gasteiger partial charge on any atom is -0.352 e. The van der Waals surface area contributed by atoms with E-state index in [9.17, 15) is 4.79 Å². The molecule has 1 heterocycles. The molecule has 0 fully saturated rings. The molecule has 4 rings (SSSR count). The van der Waals surface area contributed by atoms with Gasteiger partial charge >= 0.3 is 0 Å². The zero-order chi connectivity index (χ0) is 23.6. The van der Waals surface area contributed by atoms with Crippen LogP contribution < -0.4 is 10.6 Å². The Balaban J connectivity index is 1.24. The summed E-state index contributed by atoms with van der Waals surface area (Å²) in [4.78, 5) is 23.4. The van der Waals surface area contributed by atoms with Crippen molar-refractivity contribution < 1.29 is 4.79 Å². The molecule has 0 unspecified atom stereocenters. The molecule has 1 aromatic heterocycles. The van der Waals surface area contributed by atoms with E-state index in [-0.39, 0.29) is 5.91 Å². The minimum absolute atomic E-state index is 0.0642. The second-order valence-electron chi connectivity index (χ2n) is 8.19. The highest BCUT2D eigenvalue weighted by atomic mass is 16.1. The minimum atomic E-state index is -0.0642. The zero-order valence-electron chi connectivity index (χ0n) is 19.3. The molecule has 1 amide bonds. The number of nitrogens with one attached hydrogen (secondary N) is 2. The molecule has 4 aromatic rings. The largest absolute Gasteiger partial charge is 0.352 e. The highest BCUT2D eigenvalue weighted by Gasteiger charge is 2.07. The van der Waals surface area contributed by atoms with Crippen molar-refractivity contribution in [1.29, 1.82) is 0 Å². The van der Waals surface area contributed by atoms with E-state index >= 15 is 0 Å². The Hall–Kier alpha value is -4.03. The smallest absolute Gasteiger partial charge is 0.251 e. The summed E-state index contributed by atoms with van der Waals surface area (Å²) in [6.07, 6.45) is 2.44. The Morgan fingerprint density at radius 3 is 2.32 bits per heavy atom. The Labute approximate surface area is 200 Å². The molecule has 0 aliphatic rings. The van der Waals surface area contributed by atoms with E-state index in [4.69, 9.17) is 0 Å². The number of anilines is 2. The van der Waals surface area contributed by atoms with Gasteiger partial charge in [-0.1, -0.05) is 60.7 Å². The van der Waals surface area contributed by atoms with E-state index in [0.29, 0.717) is 17.9 Å². The molecule has 6 heteroatoms. The summed E-state index contributed by atoms with van der Waals surface area (Å²) < 4.78 is 0. The van der Waals surface area contributed by atoms with Gasteiger partial charge in [-0.15, -0.1) is 0 Å². The van der Waals surface area contributed by atoms with Gasteiger partial charge in [-0.25, -0.2) is 9.97 Å². The van der Waals surface area contributed by atoms with E-state index in [2.05, 4.69) is 56.8 Å². The van der Waals surface area contributed by atoms with Crippen LogP contribution in [0.3, 0.4) is 0 Å². The van der Waals surface area contributed by atoms with Crippen LogP contribution in [-0.4, -0.2) is 40.9 Å². The number of hydrogen-bond acceptors (Lipinski definition) is 5. The van der Waals surface area contributed by atoms with Crippen molar-refractivity contribution in [3.8, 4) is 11.3 Å². The van der Waals surface area contributed by atoms with Crippen LogP contribution in [0.1, 0.15) is 22.3 Å². The predicted molar refractivity (Wildman–Crippen MR) is 137 cm³/mol. The van der Waals surface area contributed by atoms with Crippen LogP contribution in [0.5, 0.6) is 0 Å². The molecule has 0 radical (unpaired) electrons. The van der Waals surface area contributed by atoms with E-state index in [1.807, 2.05) is 66.7 Å². The molecule has 172 valence electrons. The highest BCUT2D eigenvalue weighted by Crippen LogP contribution is 2.21. The third kappa shape index (κ3) is 6.73. The summed E-state index contributed by atoms with van der Waals surface area (Å²) in [6.45, 7) is 2.46. The van der Waals surface area contributed by atoms with E-state index < -0.39 is 0 Å². The van der Waals surface area contributed by atoms with E-state index in [0.717, 1.165) is 36.5 Å². The molecule has 6 nitrogen and oxygen atoms in total. The van der Waals surface area contributed by atoms with Gasteiger partial charge in [-0.05, 0) is 49.8 Å². The van der Waals surface area contributed by atoms with Gasteiger partial charge in [0.15, 0.2) is 0 Å². The van der Waals surface area contributed by atoms with Crippen LogP contribution in [0.25, 0.3) is 11.3 Å². The standard InChI is InChI=1S/C28H29N5O/c1-33(20-22-9-4-2-5-10-22)18-8-17-29-28(34)24-13-15-25(16-14-24)32-27-19-26(30-21-31-27)23-11-6-3-7-12-23/h2-7,9-16,19,21H,8,17-18,20H2,1H3,(H,29,34)(H,30,31,32). The van der Waals surface area contributed by atoms with Crippen molar-refractivity contribution in [2.24, 2.45) is 0 Å². The third-order valence-corrected chi connectivity index (χ3v) is 5.45. The third-order valence-electron chi connectivity index (χ3n) is 5.45. The number of aromatic nitrogens is 2. The van der Waals surface area contributed by atoms with Crippen LogP contribution in [0, 0.1) is 0 Å². The van der Waals surface area contributed by atoms with Crippen molar-refractivity contribution in [3.63, 3.8) is 0 Å². The summed E-state index contributed by atoms with van der Waals surface area (Å²) in [5, 5.41) is 6.28. The monoisotopic (exact) mass is 451 g/mol. The number of carbonyl (C=O) groups excluding carboxylic acids is 1. The Morgan fingerprint density at radius 2 is 1.59 bits per heavy atom. The van der Waals surface area contributed by atoms with Gasteiger partial charge in [0.2, 0.25) is 0 Å². The summed E-state index contributed by atoms with van der Waals surface area (Å²) in [7, 11) is 2.10. The van der Waals surface area contributed by atoms with Gasteiger partial charge in [-0.2, -0.15) is 0 Å². The molecule has 0 saturated heterocycles. The second kappa shape index (κ2) is 11.7. The summed E-state index contributed by atoms with van der Waals surface area (Å²) in [5.74, 6) is 0.635. The first-order valence-corrected chi connectivity index (χ1v) is 11.4. The van der Waals surface area contributed by atoms with Crippen LogP contribution in [0.15, 0.2) is 97.3 Å². The van der Waals surface area contributed by atoms with Gasteiger partial charge in [0.05, 0.1) is 5.69 Å². The number of amides is 1. The summed E-state index contributed by atoms with van der Waals surface area (Å²) in [6, 6.07) is 29.7. The quantitative estimate of drug-likeness (QED) is 0.327. The SMILES string of the molecule is CN(CCCNC(=O)c1ccc(Nc2cc(-c3ccccc3)ncn2)cc1)Cc1ccccc1. The molecular formula is C28H29N5O. The maximum atomic E-state index is 12.5. The lowest BCUT2D eigenvalue weighted by atomic mass is 10.1. The fourth-order valence-corrected chi connectivity index (χ4v) is 3.67. The fraction of sp³-hybridized carbons (Fsp3) is 0.179. The number of carbonyl (C=O) groups is 1. The van der Waals surface area contributed by atoms with Crippen molar-refractivity contribution in [2.45, 2.75) is 13.0 Å². The number of hydrogen-bond donors (Lipinski definition) is 2. The zero-order valence-corrected chi connectivity index (χ0v) is 19.3. The number of benzene rings is 3. The lowest BCUT2D eigenvalue weighted by Crippen LogP contribution is -2.28. The maximum Gasteiger partial charge on any atom is 0.251 e. The molecule has 0 bridgehead atoms. The Morgan fingerprint density at radius 1 is 0.882 bits per heavy atom. The lowest BCUT2D eigenvalue weighted by molar-refractivity contribution is 0.0952. The van der Waals surface area contributed by atoms with Gasteiger partial charge in [0.25, 0.3) is 5.91 Å². The Bertz CT molecular complexity index is 1180. The highest BCUT2D eigenvalue weighted by molar-refractivity contribution is 5.94. The van der Waals surface area contributed by atoms with Gasteiger partial charge in [0, 0.05) is 36.0 Å². The van der Waals surface area contributed by atoms with Gasteiger partial charge in [0.1, 0.15) is 12.1 Å². The van der Waals surface area contributed by atoms with Crippen LogP contribution >= 0.6 is 0 Å². The normalized spacial score (nSPS) is 10.8. The van der Waals surface area contributed by atoms with Gasteiger partial charge in [-0.3, -0.25) is 4.79 Å². The average Bonchev–Trinajstić information content (AvgIpc) is 2.88. The van der Waals surface area contributed by atoms with Crippen LogP contribution in [0.4, 0.5) is 11.5 Å². The fourth-order valence-electron chi connectivity index (χ4n) is 3.67. The molecule has 0 spiro atoms. The molecule has 3 aromatic carbocycles. The first-order valence-electron chi connectivity index (χ1n) is 11.4. The summed E-state index contributed by atoms with van der Waals surface area (Å²) in [5.41, 5.74) is 4.67. The van der Waals surface area contributed by atoms with Crippen LogP contribution in [-0.2, 0) is 6.54 Å². The van der Waals surface area contributed by atoms with E-state index in [1.54, 1.807) is 6.33 Å². The molecule has 34 heavy (non-hydrogen) atoms. The molecule has 0 saturated carbocycles. The van der Waals surface area contributed by atoms with Crippen molar-refractivity contribution in [3.05, 3.63) is 108 Å². The second-order valence-corrected chi connectivity index (χ2v) is 8.19. The van der Waals surface area contributed by atoms with Crippen molar-refractivity contribution in [1.82, 2.24) is 20.2 Å². The summed E-state index contributed by atoms with van der Waals surface area (Å²) >= 11 is 0. The number of nitrogens with zero attached hydrogens (tertiary/aromatic N) is 3. The topological polar surface area (TPSA) is 70.2 Å². The van der Waals surface area contributed by atoms with Crippen LogP contribution in [0.2, 0.25) is 0 Å². The number of rotatable bonds is 10. The predicted octanol–water partition coefficient (Wildman–Crippen LogP) is 5.14. The Kier molecular flexibility index (Phi) is 7.98. The average molecular weight is 452 g/mol. The maximum absolute atomic E-state index is 12.5. The van der Waals surface area contributed by atoms with Gasteiger partial charge < -0.3 is 15.5 Å². The molecule has 0 aliphatic carbocycles. The van der Waals surface area contributed by atoms with Crippen molar-refractivity contribution >= 4 is 17.4 Å². The van der Waals surface area contributed by atoms with Crippen molar-refractivity contribution in [2.75, 3.05) is 25.5 Å².